The number of benzene rings is 1. The maximum Gasteiger partial charge on any atom is 0.416 e. The molecule has 0 aliphatic heterocycles. The fourth-order valence-corrected chi connectivity index (χ4v) is 1.82. The van der Waals surface area contributed by atoms with E-state index in [4.69, 9.17) is 9.84 Å². The van der Waals surface area contributed by atoms with Crippen molar-refractivity contribution in [2.24, 2.45) is 0 Å². The van der Waals surface area contributed by atoms with Gasteiger partial charge < -0.3 is 19.6 Å². The molecule has 1 rings (SSSR count). The van der Waals surface area contributed by atoms with Crippen molar-refractivity contribution in [1.82, 2.24) is 9.80 Å². The first-order valence-electron chi connectivity index (χ1n) is 8.77. The molecule has 0 saturated carbocycles. The molecule has 0 heterocycles. The lowest BCUT2D eigenvalue weighted by Crippen LogP contribution is -2.28. The molecule has 0 unspecified atom stereocenters. The van der Waals surface area contributed by atoms with Crippen LogP contribution in [0.15, 0.2) is 18.2 Å². The molecule has 0 atom stereocenters. The smallest absolute Gasteiger partial charge is 0.416 e. The minimum absolute atomic E-state index is 0.464. The van der Waals surface area contributed by atoms with E-state index in [2.05, 4.69) is 38.0 Å². The average Bonchev–Trinajstić information content (AvgIpc) is 2.50. The highest BCUT2D eigenvalue weighted by Gasteiger charge is 2.32. The zero-order valence-corrected chi connectivity index (χ0v) is 17.8. The van der Waals surface area contributed by atoms with Gasteiger partial charge in [0.2, 0.25) is 0 Å². The second-order valence-electron chi connectivity index (χ2n) is 7.80. The lowest BCUT2D eigenvalue weighted by molar-refractivity contribution is -0.137. The Balaban J connectivity index is 0.000000828. The van der Waals surface area contributed by atoms with Crippen LogP contribution in [0.1, 0.15) is 36.7 Å². The van der Waals surface area contributed by atoms with Crippen LogP contribution >= 0.6 is 0 Å². The Hall–Kier alpha value is -2.33. The molecule has 29 heavy (non-hydrogen) atoms. The van der Waals surface area contributed by atoms with Gasteiger partial charge in [-0.25, -0.2) is 9.59 Å². The van der Waals surface area contributed by atoms with Gasteiger partial charge in [0, 0.05) is 13.1 Å². The first kappa shape index (κ1) is 26.7. The standard InChI is InChI=1S/C13H14F3NO4.C6H16N2/c1-12(2,3)21-11(20)17-9-6-7(13(14,15)16)4-5-8(9)10(18)19;1-7(2)5-6-8(3)4/h4-6H,1-3H3,(H,17,20)(H,18,19);5-6H2,1-4H3. The zero-order chi connectivity index (χ0) is 23.0. The average molecular weight is 421 g/mol. The van der Waals surface area contributed by atoms with Crippen LogP contribution < -0.4 is 5.32 Å². The first-order chi connectivity index (χ1) is 13.0. The van der Waals surface area contributed by atoms with Crippen LogP contribution in [0, 0.1) is 0 Å². The van der Waals surface area contributed by atoms with Crippen molar-refractivity contribution in [2.75, 3.05) is 46.6 Å². The van der Waals surface area contributed by atoms with Crippen LogP contribution in [0.25, 0.3) is 0 Å². The molecule has 1 amide bonds. The lowest BCUT2D eigenvalue weighted by atomic mass is 10.1. The molecule has 1 aromatic rings. The van der Waals surface area contributed by atoms with E-state index in [0.717, 1.165) is 19.2 Å². The Morgan fingerprint density at radius 2 is 1.52 bits per heavy atom. The number of ether oxygens (including phenoxy) is 1. The Kier molecular flexibility index (Phi) is 10.1. The molecule has 0 saturated heterocycles. The molecule has 7 nitrogen and oxygen atoms in total. The summed E-state index contributed by atoms with van der Waals surface area (Å²) in [5.41, 5.74) is -2.88. The summed E-state index contributed by atoms with van der Waals surface area (Å²) < 4.78 is 42.7. The number of likely N-dealkylation sites (N-methyl/N-ethyl adjacent to an activating group) is 2. The number of amides is 1. The highest BCUT2D eigenvalue weighted by atomic mass is 19.4. The molecule has 0 bridgehead atoms. The summed E-state index contributed by atoms with van der Waals surface area (Å²) in [6.45, 7) is 6.99. The number of hydrogen-bond donors (Lipinski definition) is 2. The molecule has 0 aliphatic carbocycles. The van der Waals surface area contributed by atoms with Gasteiger partial charge in [-0.3, -0.25) is 5.32 Å². The van der Waals surface area contributed by atoms with E-state index in [1.54, 1.807) is 20.8 Å². The van der Waals surface area contributed by atoms with Gasteiger partial charge >= 0.3 is 18.2 Å². The van der Waals surface area contributed by atoms with E-state index in [0.29, 0.717) is 12.1 Å². The van der Waals surface area contributed by atoms with Crippen molar-refractivity contribution in [3.8, 4) is 0 Å². The van der Waals surface area contributed by atoms with Gasteiger partial charge in [0.1, 0.15) is 5.60 Å². The summed E-state index contributed by atoms with van der Waals surface area (Å²) in [4.78, 5) is 26.9. The molecular weight excluding hydrogens is 391 g/mol. The van der Waals surface area contributed by atoms with Gasteiger partial charge in [0.05, 0.1) is 16.8 Å². The molecule has 2 N–H and O–H groups in total. The van der Waals surface area contributed by atoms with Gasteiger partial charge in [-0.2, -0.15) is 13.2 Å². The topological polar surface area (TPSA) is 82.1 Å². The number of anilines is 1. The van der Waals surface area contributed by atoms with Crippen LogP contribution in [-0.4, -0.2) is 73.9 Å². The minimum Gasteiger partial charge on any atom is -0.478 e. The van der Waals surface area contributed by atoms with Crippen molar-refractivity contribution < 1.29 is 32.6 Å². The summed E-state index contributed by atoms with van der Waals surface area (Å²) in [5.74, 6) is -1.46. The van der Waals surface area contributed by atoms with Crippen molar-refractivity contribution >= 4 is 17.7 Å². The number of nitrogens with zero attached hydrogens (tertiary/aromatic N) is 2. The fraction of sp³-hybridized carbons (Fsp3) is 0.579. The lowest BCUT2D eigenvalue weighted by Gasteiger charge is -2.20. The van der Waals surface area contributed by atoms with Crippen LogP contribution in [0.2, 0.25) is 0 Å². The Morgan fingerprint density at radius 1 is 1.03 bits per heavy atom. The van der Waals surface area contributed by atoms with Gasteiger partial charge in [0.25, 0.3) is 0 Å². The number of rotatable bonds is 5. The third-order valence-electron chi connectivity index (χ3n) is 3.21. The molecule has 10 heteroatoms. The van der Waals surface area contributed by atoms with Gasteiger partial charge in [-0.1, -0.05) is 0 Å². The van der Waals surface area contributed by atoms with E-state index in [1.165, 1.54) is 0 Å². The largest absolute Gasteiger partial charge is 0.478 e. The second-order valence-corrected chi connectivity index (χ2v) is 7.80. The third kappa shape index (κ3) is 12.0. The Bertz CT molecular complexity index is 676. The minimum atomic E-state index is -4.65. The van der Waals surface area contributed by atoms with Crippen LogP contribution in [0.3, 0.4) is 0 Å². The van der Waals surface area contributed by atoms with Crippen LogP contribution in [0.5, 0.6) is 0 Å². The predicted molar refractivity (Wildman–Crippen MR) is 105 cm³/mol. The quantitative estimate of drug-likeness (QED) is 0.751. The normalized spacial score (nSPS) is 11.7. The number of hydrogen-bond acceptors (Lipinski definition) is 5. The Morgan fingerprint density at radius 3 is 1.86 bits per heavy atom. The van der Waals surface area contributed by atoms with E-state index in [-0.39, 0.29) is 0 Å². The first-order valence-corrected chi connectivity index (χ1v) is 8.77. The molecular formula is C19H30F3N3O4. The monoisotopic (exact) mass is 421 g/mol. The van der Waals surface area contributed by atoms with Crippen molar-refractivity contribution in [3.05, 3.63) is 29.3 Å². The number of alkyl halides is 3. The summed E-state index contributed by atoms with van der Waals surface area (Å²) >= 11 is 0. The second kappa shape index (κ2) is 11.0. The molecule has 0 spiro atoms. The van der Waals surface area contributed by atoms with Crippen LogP contribution in [-0.2, 0) is 10.9 Å². The maximum atomic E-state index is 12.6. The number of carboxylic acid groups (broad SMARTS) is 1. The van der Waals surface area contributed by atoms with Crippen molar-refractivity contribution in [3.63, 3.8) is 0 Å². The highest BCUT2D eigenvalue weighted by Crippen LogP contribution is 2.32. The van der Waals surface area contributed by atoms with Gasteiger partial charge in [0.15, 0.2) is 0 Å². The SMILES string of the molecule is CC(C)(C)OC(=O)Nc1cc(C(F)(F)F)ccc1C(=O)O.CN(C)CCN(C)C. The number of halogens is 3. The predicted octanol–water partition coefficient (Wildman–Crippen LogP) is 3.86. The number of carboxylic acids is 1. The van der Waals surface area contributed by atoms with E-state index in [9.17, 15) is 22.8 Å². The fourth-order valence-electron chi connectivity index (χ4n) is 1.82. The number of carbonyl (C=O) groups is 2. The van der Waals surface area contributed by atoms with E-state index >= 15 is 0 Å². The third-order valence-corrected chi connectivity index (χ3v) is 3.21. The summed E-state index contributed by atoms with van der Waals surface area (Å²) in [6, 6.07) is 1.95. The van der Waals surface area contributed by atoms with E-state index in [1.807, 2.05) is 5.32 Å². The maximum absolute atomic E-state index is 12.6. The molecule has 1 aromatic carbocycles. The molecule has 0 aromatic heterocycles. The van der Waals surface area contributed by atoms with Gasteiger partial charge in [-0.15, -0.1) is 0 Å². The van der Waals surface area contributed by atoms with Crippen LogP contribution in [0.4, 0.5) is 23.7 Å². The van der Waals surface area contributed by atoms with Crippen molar-refractivity contribution in [1.29, 1.82) is 0 Å². The summed E-state index contributed by atoms with van der Waals surface area (Å²) in [5, 5.41) is 11.0. The Labute approximate surface area is 169 Å². The molecule has 0 fully saturated rings. The zero-order valence-electron chi connectivity index (χ0n) is 17.8. The molecule has 0 radical (unpaired) electrons. The highest BCUT2D eigenvalue weighted by molar-refractivity contribution is 5.99. The number of carbonyl (C=O) groups excluding carboxylic acids is 1. The summed E-state index contributed by atoms with van der Waals surface area (Å²) in [7, 11) is 8.35. The molecule has 0 aliphatic rings. The van der Waals surface area contributed by atoms with E-state index < -0.39 is 40.7 Å². The summed E-state index contributed by atoms with van der Waals surface area (Å²) in [6.07, 6.45) is -5.69. The number of nitrogens with one attached hydrogen (secondary N) is 1. The van der Waals surface area contributed by atoms with Crippen molar-refractivity contribution in [2.45, 2.75) is 32.5 Å². The van der Waals surface area contributed by atoms with Gasteiger partial charge in [-0.05, 0) is 67.2 Å². The number of aromatic carboxylic acids is 1. The molecule has 166 valence electrons.